The number of hydrogen-bond acceptors (Lipinski definition) is 3. The second kappa shape index (κ2) is 5.42. The first-order valence-electron chi connectivity index (χ1n) is 4.52. The first kappa shape index (κ1) is 12.4. The van der Waals surface area contributed by atoms with Crippen LogP contribution >= 0.6 is 11.6 Å². The Morgan fingerprint density at radius 2 is 2.13 bits per heavy atom. The van der Waals surface area contributed by atoms with Gasteiger partial charge < -0.3 is 15.5 Å². The number of aliphatic hydroxyl groups is 2. The molecule has 2 unspecified atom stereocenters. The Morgan fingerprint density at radius 3 is 2.67 bits per heavy atom. The van der Waals surface area contributed by atoms with Crippen LogP contribution in [0.2, 0.25) is 5.02 Å². The van der Waals surface area contributed by atoms with Gasteiger partial charge in [0.25, 0.3) is 0 Å². The van der Waals surface area contributed by atoms with Gasteiger partial charge in [-0.15, -0.1) is 0 Å². The lowest BCUT2D eigenvalue weighted by atomic mass is 10.0. The molecule has 3 N–H and O–H groups in total. The lowest BCUT2D eigenvalue weighted by Gasteiger charge is -2.19. The van der Waals surface area contributed by atoms with Gasteiger partial charge in [-0.25, -0.2) is 4.39 Å². The van der Waals surface area contributed by atoms with Crippen molar-refractivity contribution >= 4 is 11.6 Å². The van der Waals surface area contributed by atoms with Gasteiger partial charge in [0.1, 0.15) is 11.9 Å². The Kier molecular flexibility index (Phi) is 4.47. The molecule has 0 aromatic heterocycles. The van der Waals surface area contributed by atoms with Gasteiger partial charge in [-0.1, -0.05) is 17.7 Å². The normalized spacial score (nSPS) is 15.0. The minimum absolute atomic E-state index is 0.0677. The molecule has 1 rings (SSSR count). The van der Waals surface area contributed by atoms with Gasteiger partial charge >= 0.3 is 0 Å². The molecular weight excluding hydrogens is 221 g/mol. The van der Waals surface area contributed by atoms with Crippen molar-refractivity contribution in [2.24, 2.45) is 0 Å². The minimum atomic E-state index is -1.33. The lowest BCUT2D eigenvalue weighted by Crippen LogP contribution is -2.30. The highest BCUT2D eigenvalue weighted by molar-refractivity contribution is 6.31. The van der Waals surface area contributed by atoms with E-state index in [1.54, 1.807) is 7.05 Å². The smallest absolute Gasteiger partial charge is 0.130 e. The molecule has 15 heavy (non-hydrogen) atoms. The fourth-order valence-electron chi connectivity index (χ4n) is 1.31. The number of aliphatic hydroxyl groups excluding tert-OH is 2. The predicted octanol–water partition coefficient (Wildman–Crippen LogP) is 1.09. The molecule has 0 aliphatic carbocycles. The summed E-state index contributed by atoms with van der Waals surface area (Å²) in [5, 5.41) is 21.9. The summed E-state index contributed by atoms with van der Waals surface area (Å²) in [5.74, 6) is -0.620. The summed E-state index contributed by atoms with van der Waals surface area (Å²) in [7, 11) is 1.62. The molecule has 0 saturated heterocycles. The van der Waals surface area contributed by atoms with E-state index in [9.17, 15) is 14.6 Å². The van der Waals surface area contributed by atoms with E-state index in [1.165, 1.54) is 18.2 Å². The summed E-state index contributed by atoms with van der Waals surface area (Å²) in [4.78, 5) is 0. The van der Waals surface area contributed by atoms with Gasteiger partial charge in [0.2, 0.25) is 0 Å². The summed E-state index contributed by atoms with van der Waals surface area (Å²) in [6.45, 7) is 0.159. The van der Waals surface area contributed by atoms with Gasteiger partial charge in [0.15, 0.2) is 0 Å². The Balaban J connectivity index is 2.94. The molecule has 0 bridgehead atoms. The number of halogens is 2. The monoisotopic (exact) mass is 233 g/mol. The highest BCUT2D eigenvalue weighted by atomic mass is 35.5. The predicted molar refractivity (Wildman–Crippen MR) is 56.3 cm³/mol. The maximum absolute atomic E-state index is 13.3. The Morgan fingerprint density at radius 1 is 1.47 bits per heavy atom. The van der Waals surface area contributed by atoms with E-state index in [1.807, 2.05) is 0 Å². The molecule has 0 fully saturated rings. The average Bonchev–Trinajstić information content (AvgIpc) is 2.17. The molecule has 0 amide bonds. The van der Waals surface area contributed by atoms with Crippen LogP contribution in [-0.4, -0.2) is 29.9 Å². The molecule has 0 radical (unpaired) electrons. The topological polar surface area (TPSA) is 52.5 Å². The Bertz CT molecular complexity index is 315. The highest BCUT2D eigenvalue weighted by Crippen LogP contribution is 2.27. The zero-order chi connectivity index (χ0) is 11.4. The number of nitrogens with one attached hydrogen (secondary N) is 1. The van der Waals surface area contributed by atoms with E-state index in [0.717, 1.165) is 0 Å². The summed E-state index contributed by atoms with van der Waals surface area (Å²) in [6, 6.07) is 4.10. The quantitative estimate of drug-likeness (QED) is 0.730. The van der Waals surface area contributed by atoms with E-state index in [2.05, 4.69) is 5.32 Å². The largest absolute Gasteiger partial charge is 0.389 e. The van der Waals surface area contributed by atoms with Crippen LogP contribution in [0.1, 0.15) is 11.7 Å². The van der Waals surface area contributed by atoms with E-state index in [4.69, 9.17) is 11.6 Å². The Hall–Kier alpha value is -0.680. The second-order valence-electron chi connectivity index (χ2n) is 3.21. The van der Waals surface area contributed by atoms with Crippen LogP contribution in [0.4, 0.5) is 4.39 Å². The summed E-state index contributed by atoms with van der Waals surface area (Å²) in [5.41, 5.74) is -0.0677. The van der Waals surface area contributed by atoms with E-state index in [0.29, 0.717) is 0 Å². The zero-order valence-electron chi connectivity index (χ0n) is 8.24. The molecule has 3 nitrogen and oxygen atoms in total. The standard InChI is InChI=1S/C10H13ClFNO2/c1-13-5-8(14)10(15)9-6(11)3-2-4-7(9)12/h2-4,8,10,13-15H,5H2,1H3. The van der Waals surface area contributed by atoms with Crippen LogP contribution < -0.4 is 5.32 Å². The van der Waals surface area contributed by atoms with Crippen molar-refractivity contribution in [3.05, 3.63) is 34.6 Å². The fraction of sp³-hybridized carbons (Fsp3) is 0.400. The summed E-state index contributed by atoms with van der Waals surface area (Å²) < 4.78 is 13.3. The molecule has 84 valence electrons. The third kappa shape index (κ3) is 2.89. The molecule has 0 aliphatic heterocycles. The first-order chi connectivity index (χ1) is 7.07. The molecule has 1 aromatic carbocycles. The van der Waals surface area contributed by atoms with Crippen molar-refractivity contribution in [2.45, 2.75) is 12.2 Å². The van der Waals surface area contributed by atoms with Crippen LogP contribution in [-0.2, 0) is 0 Å². The summed E-state index contributed by atoms with van der Waals surface area (Å²) in [6.07, 6.45) is -2.42. The van der Waals surface area contributed by atoms with Gasteiger partial charge in [-0.3, -0.25) is 0 Å². The number of rotatable bonds is 4. The SMILES string of the molecule is CNCC(O)C(O)c1c(F)cccc1Cl. The van der Waals surface area contributed by atoms with Crippen molar-refractivity contribution in [3.8, 4) is 0 Å². The number of likely N-dealkylation sites (N-methyl/N-ethyl adjacent to an activating group) is 1. The van der Waals surface area contributed by atoms with Crippen LogP contribution in [0.5, 0.6) is 0 Å². The lowest BCUT2D eigenvalue weighted by molar-refractivity contribution is 0.0182. The zero-order valence-corrected chi connectivity index (χ0v) is 9.00. The van der Waals surface area contributed by atoms with Crippen molar-refractivity contribution in [1.82, 2.24) is 5.32 Å². The van der Waals surface area contributed by atoms with Gasteiger partial charge in [-0.05, 0) is 19.2 Å². The Labute approximate surface area is 92.5 Å². The van der Waals surface area contributed by atoms with Crippen LogP contribution in [0.3, 0.4) is 0 Å². The van der Waals surface area contributed by atoms with Gasteiger partial charge in [-0.2, -0.15) is 0 Å². The minimum Gasteiger partial charge on any atom is -0.389 e. The van der Waals surface area contributed by atoms with Gasteiger partial charge in [0, 0.05) is 17.1 Å². The molecule has 5 heteroatoms. The molecule has 0 heterocycles. The molecular formula is C10H13ClFNO2. The van der Waals surface area contributed by atoms with Crippen molar-refractivity contribution < 1.29 is 14.6 Å². The average molecular weight is 234 g/mol. The van der Waals surface area contributed by atoms with Crippen molar-refractivity contribution in [2.75, 3.05) is 13.6 Å². The third-order valence-corrected chi connectivity index (χ3v) is 2.40. The van der Waals surface area contributed by atoms with Crippen molar-refractivity contribution in [1.29, 1.82) is 0 Å². The highest BCUT2D eigenvalue weighted by Gasteiger charge is 2.23. The molecule has 2 atom stereocenters. The first-order valence-corrected chi connectivity index (χ1v) is 4.90. The fourth-order valence-corrected chi connectivity index (χ4v) is 1.58. The third-order valence-electron chi connectivity index (χ3n) is 2.07. The van der Waals surface area contributed by atoms with Crippen LogP contribution in [0.15, 0.2) is 18.2 Å². The maximum atomic E-state index is 13.3. The van der Waals surface area contributed by atoms with E-state index in [-0.39, 0.29) is 17.1 Å². The summed E-state index contributed by atoms with van der Waals surface area (Å²) >= 11 is 5.74. The number of benzene rings is 1. The molecule has 0 aliphatic rings. The molecule has 0 saturated carbocycles. The molecule has 1 aromatic rings. The van der Waals surface area contributed by atoms with Crippen LogP contribution in [0, 0.1) is 5.82 Å². The maximum Gasteiger partial charge on any atom is 0.130 e. The second-order valence-corrected chi connectivity index (χ2v) is 3.61. The number of hydrogen-bond donors (Lipinski definition) is 3. The van der Waals surface area contributed by atoms with Gasteiger partial charge in [0.05, 0.1) is 6.10 Å². The van der Waals surface area contributed by atoms with Crippen LogP contribution in [0.25, 0.3) is 0 Å². The van der Waals surface area contributed by atoms with Crippen molar-refractivity contribution in [3.63, 3.8) is 0 Å². The molecule has 0 spiro atoms. The van der Waals surface area contributed by atoms with E-state index >= 15 is 0 Å². The van der Waals surface area contributed by atoms with E-state index < -0.39 is 18.0 Å².